The van der Waals surface area contributed by atoms with Crippen molar-refractivity contribution in [3.8, 4) is 22.6 Å². The molecule has 4 aromatic rings. The Morgan fingerprint density at radius 2 is 1.48 bits per heavy atom. The molecule has 0 saturated heterocycles. The fourth-order valence-electron chi connectivity index (χ4n) is 6.00. The van der Waals surface area contributed by atoms with Crippen molar-refractivity contribution in [2.45, 2.75) is 65.0 Å². The third kappa shape index (κ3) is 9.08. The molecule has 11 heteroatoms. The zero-order chi connectivity index (χ0) is 37.2. The number of carbonyl (C=O) groups is 4. The Morgan fingerprint density at radius 3 is 2.13 bits per heavy atom. The van der Waals surface area contributed by atoms with Crippen LogP contribution in [0, 0.1) is 6.92 Å². The molecule has 0 fully saturated rings. The van der Waals surface area contributed by atoms with Crippen LogP contribution in [0.1, 0.15) is 54.1 Å². The van der Waals surface area contributed by atoms with Crippen molar-refractivity contribution in [3.63, 3.8) is 0 Å². The second kappa shape index (κ2) is 17.4. The number of nitrogens with one attached hydrogen (secondary N) is 2. The van der Waals surface area contributed by atoms with Gasteiger partial charge in [0.2, 0.25) is 11.8 Å². The lowest BCUT2D eigenvalue weighted by molar-refractivity contribution is -0.145. The molecule has 0 aliphatic carbocycles. The Hall–Kier alpha value is -5.84. The summed E-state index contributed by atoms with van der Waals surface area (Å²) in [7, 11) is 2.72. The predicted molar refractivity (Wildman–Crippen MR) is 196 cm³/mol. The highest BCUT2D eigenvalue weighted by Gasteiger charge is 2.34. The first kappa shape index (κ1) is 37.4. The number of fused-ring (bicyclic) bond motifs is 5. The smallest absolute Gasteiger partial charge is 0.410 e. The molecular formula is C41H45N3O8. The SMILES string of the molecule is CCCOc1ccc2cc1-c1cc(c(OCc3ccccc3)cc1C)C[C@@H](C(=O)OC)NC(=O)[C@H](C)NC(=O)[C@H]2N(C)C(=O)OCc1ccccc1. The average molecular weight is 708 g/mol. The molecule has 1 heterocycles. The van der Waals surface area contributed by atoms with Crippen molar-refractivity contribution in [1.29, 1.82) is 0 Å². The van der Waals surface area contributed by atoms with E-state index in [0.717, 1.165) is 28.7 Å². The number of rotatable bonds is 10. The first-order chi connectivity index (χ1) is 25.1. The highest BCUT2D eigenvalue weighted by atomic mass is 16.6. The number of amides is 3. The van der Waals surface area contributed by atoms with Crippen LogP contribution in [0.2, 0.25) is 0 Å². The van der Waals surface area contributed by atoms with E-state index in [2.05, 4.69) is 10.6 Å². The van der Waals surface area contributed by atoms with Gasteiger partial charge < -0.3 is 29.6 Å². The number of nitrogens with zero attached hydrogens (tertiary/aromatic N) is 1. The van der Waals surface area contributed by atoms with E-state index in [4.69, 9.17) is 18.9 Å². The molecule has 52 heavy (non-hydrogen) atoms. The van der Waals surface area contributed by atoms with E-state index < -0.39 is 42.0 Å². The number of hydrogen-bond donors (Lipinski definition) is 2. The highest BCUT2D eigenvalue weighted by molar-refractivity contribution is 5.94. The van der Waals surface area contributed by atoms with Crippen LogP contribution in [0.15, 0.2) is 91.0 Å². The summed E-state index contributed by atoms with van der Waals surface area (Å²) < 4.78 is 23.3. The molecule has 1 aliphatic heterocycles. The van der Waals surface area contributed by atoms with Crippen LogP contribution in [-0.4, -0.2) is 61.6 Å². The first-order valence-corrected chi connectivity index (χ1v) is 17.3. The lowest BCUT2D eigenvalue weighted by Gasteiger charge is -2.30. The van der Waals surface area contributed by atoms with Crippen LogP contribution in [0.3, 0.4) is 0 Å². The van der Waals surface area contributed by atoms with Crippen LogP contribution >= 0.6 is 0 Å². The lowest BCUT2D eigenvalue weighted by atomic mass is 9.91. The van der Waals surface area contributed by atoms with E-state index in [1.165, 1.54) is 26.0 Å². The van der Waals surface area contributed by atoms with Crippen molar-refractivity contribution in [1.82, 2.24) is 15.5 Å². The van der Waals surface area contributed by atoms with E-state index >= 15 is 0 Å². The molecule has 272 valence electrons. The molecule has 0 aromatic heterocycles. The van der Waals surface area contributed by atoms with Gasteiger partial charge in [-0.15, -0.1) is 0 Å². The number of carbonyl (C=O) groups excluding carboxylic acids is 4. The van der Waals surface area contributed by atoms with E-state index in [-0.39, 0.29) is 19.6 Å². The van der Waals surface area contributed by atoms with Crippen molar-refractivity contribution in [2.24, 2.45) is 0 Å². The Balaban J connectivity index is 1.64. The topological polar surface area (TPSA) is 132 Å². The minimum Gasteiger partial charge on any atom is -0.493 e. The van der Waals surface area contributed by atoms with Gasteiger partial charge in [0.05, 0.1) is 13.7 Å². The quantitative estimate of drug-likeness (QED) is 0.190. The Labute approximate surface area is 304 Å². The van der Waals surface area contributed by atoms with Crippen molar-refractivity contribution < 1.29 is 38.1 Å². The van der Waals surface area contributed by atoms with Gasteiger partial charge in [-0.25, -0.2) is 9.59 Å². The summed E-state index contributed by atoms with van der Waals surface area (Å²) in [5, 5.41) is 5.49. The summed E-state index contributed by atoms with van der Waals surface area (Å²) in [6, 6.07) is 24.7. The number of hydrogen-bond acceptors (Lipinski definition) is 8. The summed E-state index contributed by atoms with van der Waals surface area (Å²) in [6.07, 6.45) is 0.0658. The molecule has 5 rings (SSSR count). The normalized spacial score (nSPS) is 17.1. The molecule has 4 bridgehead atoms. The first-order valence-electron chi connectivity index (χ1n) is 17.3. The number of esters is 1. The van der Waals surface area contributed by atoms with Crippen molar-refractivity contribution in [3.05, 3.63) is 119 Å². The monoisotopic (exact) mass is 707 g/mol. The van der Waals surface area contributed by atoms with Crippen molar-refractivity contribution >= 4 is 23.9 Å². The van der Waals surface area contributed by atoms with Gasteiger partial charge in [0.1, 0.15) is 42.8 Å². The summed E-state index contributed by atoms with van der Waals surface area (Å²) in [4.78, 5) is 55.5. The highest BCUT2D eigenvalue weighted by Crippen LogP contribution is 2.39. The van der Waals surface area contributed by atoms with Crippen molar-refractivity contribution in [2.75, 3.05) is 20.8 Å². The number of aryl methyl sites for hydroxylation is 1. The third-order valence-corrected chi connectivity index (χ3v) is 8.82. The zero-order valence-corrected chi connectivity index (χ0v) is 30.1. The standard InChI is InChI=1S/C41H45N3O8/c1-6-19-50-35-18-17-30-21-33(35)32-22-31(36(20-26(32)2)51-24-28-13-9-7-10-14-28)23-34(40(47)49-5)43-38(45)27(3)42-39(46)37(30)44(4)41(48)52-25-29-15-11-8-12-16-29/h7-18,20-22,27,34,37H,6,19,23-25H2,1-5H3,(H,42,46)(H,43,45)/t27-,34-,37-/m0/s1. The number of likely N-dealkylation sites (N-methyl/N-ethyl adjacent to an activating group) is 1. The van der Waals surface area contributed by atoms with Gasteiger partial charge in [0.15, 0.2) is 0 Å². The summed E-state index contributed by atoms with van der Waals surface area (Å²) >= 11 is 0. The molecular weight excluding hydrogens is 662 g/mol. The second-order valence-corrected chi connectivity index (χ2v) is 12.7. The molecule has 3 atom stereocenters. The molecule has 0 saturated carbocycles. The number of benzene rings is 4. The van der Waals surface area contributed by atoms with E-state index in [9.17, 15) is 19.2 Å². The number of ether oxygens (including phenoxy) is 4. The largest absolute Gasteiger partial charge is 0.493 e. The minimum atomic E-state index is -1.20. The number of methoxy groups -OCH3 is 1. The van der Waals surface area contributed by atoms with Crippen LogP contribution in [0.5, 0.6) is 11.5 Å². The molecule has 3 amide bonds. The molecule has 0 radical (unpaired) electrons. The molecule has 2 N–H and O–H groups in total. The summed E-state index contributed by atoms with van der Waals surface area (Å²) in [5.41, 5.74) is 5.12. The minimum absolute atomic E-state index is 0.00177. The second-order valence-electron chi connectivity index (χ2n) is 12.7. The Kier molecular flexibility index (Phi) is 12.5. The van der Waals surface area contributed by atoms with Gasteiger partial charge in [0, 0.05) is 19.0 Å². The fourth-order valence-corrected chi connectivity index (χ4v) is 6.00. The van der Waals surface area contributed by atoms with E-state index in [1.807, 2.05) is 92.7 Å². The summed E-state index contributed by atoms with van der Waals surface area (Å²) in [6.45, 7) is 6.17. The van der Waals surface area contributed by atoms with Gasteiger partial charge in [-0.1, -0.05) is 73.7 Å². The molecule has 4 aromatic carbocycles. The lowest BCUT2D eigenvalue weighted by Crippen LogP contribution is -2.53. The van der Waals surface area contributed by atoms with E-state index in [1.54, 1.807) is 12.1 Å². The van der Waals surface area contributed by atoms with Crippen LogP contribution in [0.25, 0.3) is 11.1 Å². The zero-order valence-electron chi connectivity index (χ0n) is 30.1. The Bertz CT molecular complexity index is 1880. The predicted octanol–water partition coefficient (Wildman–Crippen LogP) is 6.06. The van der Waals surface area contributed by atoms with Gasteiger partial charge in [-0.3, -0.25) is 14.5 Å². The Morgan fingerprint density at radius 1 is 0.808 bits per heavy atom. The molecule has 11 nitrogen and oxygen atoms in total. The van der Waals surface area contributed by atoms with Crippen LogP contribution in [0.4, 0.5) is 4.79 Å². The van der Waals surface area contributed by atoms with Gasteiger partial charge in [-0.05, 0) is 77.9 Å². The van der Waals surface area contributed by atoms with Gasteiger partial charge >= 0.3 is 12.1 Å². The maximum absolute atomic E-state index is 14.1. The molecule has 0 unspecified atom stereocenters. The maximum Gasteiger partial charge on any atom is 0.410 e. The fraction of sp³-hybridized carbons (Fsp3) is 0.317. The molecule has 0 spiro atoms. The van der Waals surface area contributed by atoms with E-state index in [0.29, 0.717) is 34.8 Å². The summed E-state index contributed by atoms with van der Waals surface area (Å²) in [5.74, 6) is -0.791. The van der Waals surface area contributed by atoms with Gasteiger partial charge in [0.25, 0.3) is 0 Å². The van der Waals surface area contributed by atoms with Gasteiger partial charge in [-0.2, -0.15) is 0 Å². The molecule has 1 aliphatic rings. The average Bonchev–Trinajstić information content (AvgIpc) is 3.16. The third-order valence-electron chi connectivity index (χ3n) is 8.82. The van der Waals surface area contributed by atoms with Crippen LogP contribution < -0.4 is 20.1 Å². The van der Waals surface area contributed by atoms with Crippen LogP contribution in [-0.2, 0) is 43.5 Å². The maximum atomic E-state index is 14.1.